The van der Waals surface area contributed by atoms with E-state index in [4.69, 9.17) is 10.5 Å². The molecule has 1 heterocycles. The Hall–Kier alpha value is -1.36. The number of hydrogen-bond acceptors (Lipinski definition) is 4. The van der Waals surface area contributed by atoms with Gasteiger partial charge in [-0.05, 0) is 18.6 Å². The number of thiophene rings is 1. The Morgan fingerprint density at radius 1 is 1.47 bits per heavy atom. The quantitative estimate of drug-likeness (QED) is 0.827. The zero-order valence-electron chi connectivity index (χ0n) is 8.66. The number of nitriles is 2. The SMILES string of the molecule is CCC(CC#N)NCc1ccc(C#N)s1. The van der Waals surface area contributed by atoms with Gasteiger partial charge in [-0.15, -0.1) is 11.3 Å². The minimum atomic E-state index is 0.252. The minimum absolute atomic E-state index is 0.252. The molecule has 1 aromatic rings. The first-order chi connectivity index (χ1) is 7.30. The lowest BCUT2D eigenvalue weighted by atomic mass is 10.2. The van der Waals surface area contributed by atoms with Crippen LogP contribution in [0.4, 0.5) is 0 Å². The van der Waals surface area contributed by atoms with Gasteiger partial charge >= 0.3 is 0 Å². The maximum atomic E-state index is 8.66. The van der Waals surface area contributed by atoms with Crippen LogP contribution in [-0.2, 0) is 6.54 Å². The van der Waals surface area contributed by atoms with Crippen LogP contribution in [0.5, 0.6) is 0 Å². The zero-order valence-corrected chi connectivity index (χ0v) is 9.47. The number of hydrogen-bond donors (Lipinski definition) is 1. The Labute approximate surface area is 94.0 Å². The Bertz CT molecular complexity index is 383. The largest absolute Gasteiger partial charge is 0.308 e. The first-order valence-electron chi connectivity index (χ1n) is 4.89. The van der Waals surface area contributed by atoms with Crippen molar-refractivity contribution in [1.82, 2.24) is 5.32 Å². The standard InChI is InChI=1S/C11H13N3S/c1-2-9(5-6-12)14-8-11-4-3-10(7-13)15-11/h3-4,9,14H,2,5,8H2,1H3. The maximum absolute atomic E-state index is 8.66. The van der Waals surface area contributed by atoms with Gasteiger partial charge in [-0.2, -0.15) is 10.5 Å². The van der Waals surface area contributed by atoms with E-state index in [0.717, 1.165) is 22.7 Å². The second-order valence-electron chi connectivity index (χ2n) is 3.23. The fraction of sp³-hybridized carbons (Fsp3) is 0.455. The summed E-state index contributed by atoms with van der Waals surface area (Å²) >= 11 is 1.50. The maximum Gasteiger partial charge on any atom is 0.110 e. The van der Waals surface area contributed by atoms with Gasteiger partial charge in [0, 0.05) is 17.5 Å². The second kappa shape index (κ2) is 6.19. The third-order valence-electron chi connectivity index (χ3n) is 2.17. The molecule has 78 valence electrons. The molecule has 0 bridgehead atoms. The van der Waals surface area contributed by atoms with Gasteiger partial charge in [0.2, 0.25) is 0 Å². The molecule has 0 aliphatic carbocycles. The average Bonchev–Trinajstić information content (AvgIpc) is 2.72. The van der Waals surface area contributed by atoms with E-state index in [1.807, 2.05) is 12.1 Å². The summed E-state index contributed by atoms with van der Waals surface area (Å²) in [5.41, 5.74) is 0. The van der Waals surface area contributed by atoms with Crippen molar-refractivity contribution in [3.63, 3.8) is 0 Å². The Balaban J connectivity index is 2.43. The smallest absolute Gasteiger partial charge is 0.110 e. The molecule has 0 saturated carbocycles. The van der Waals surface area contributed by atoms with Crippen molar-refractivity contribution in [3.05, 3.63) is 21.9 Å². The summed E-state index contributed by atoms with van der Waals surface area (Å²) in [7, 11) is 0. The summed E-state index contributed by atoms with van der Waals surface area (Å²) in [6.45, 7) is 2.80. The first-order valence-corrected chi connectivity index (χ1v) is 5.71. The normalized spacial score (nSPS) is 11.7. The highest BCUT2D eigenvalue weighted by Gasteiger charge is 2.05. The predicted molar refractivity (Wildman–Crippen MR) is 60.2 cm³/mol. The van der Waals surface area contributed by atoms with E-state index in [0.29, 0.717) is 6.42 Å². The first kappa shape index (κ1) is 11.7. The third kappa shape index (κ3) is 3.71. The van der Waals surface area contributed by atoms with Crippen LogP contribution in [0.3, 0.4) is 0 Å². The molecule has 1 aromatic heterocycles. The third-order valence-corrected chi connectivity index (χ3v) is 3.16. The molecule has 0 saturated heterocycles. The predicted octanol–water partition coefficient (Wildman–Crippen LogP) is 2.40. The van der Waals surface area contributed by atoms with Crippen LogP contribution in [0.1, 0.15) is 29.5 Å². The number of nitrogens with zero attached hydrogens (tertiary/aromatic N) is 2. The Morgan fingerprint density at radius 2 is 2.27 bits per heavy atom. The molecular formula is C11H13N3S. The molecule has 0 radical (unpaired) electrons. The lowest BCUT2D eigenvalue weighted by Gasteiger charge is -2.11. The van der Waals surface area contributed by atoms with E-state index < -0.39 is 0 Å². The Morgan fingerprint density at radius 3 is 2.80 bits per heavy atom. The molecule has 3 nitrogen and oxygen atoms in total. The summed E-state index contributed by atoms with van der Waals surface area (Å²) in [6, 6.07) is 8.30. The van der Waals surface area contributed by atoms with E-state index in [1.165, 1.54) is 11.3 Å². The number of nitrogens with one attached hydrogen (secondary N) is 1. The lowest BCUT2D eigenvalue weighted by molar-refractivity contribution is 0.507. The van der Waals surface area contributed by atoms with Crippen LogP contribution < -0.4 is 5.32 Å². The Kier molecular flexibility index (Phi) is 4.83. The molecule has 1 rings (SSSR count). The molecule has 4 heteroatoms. The summed E-state index contributed by atoms with van der Waals surface area (Å²) in [4.78, 5) is 1.88. The zero-order chi connectivity index (χ0) is 11.1. The van der Waals surface area contributed by atoms with Crippen LogP contribution in [0.15, 0.2) is 12.1 Å². The summed E-state index contributed by atoms with van der Waals surface area (Å²) < 4.78 is 0. The summed E-state index contributed by atoms with van der Waals surface area (Å²) in [5.74, 6) is 0. The van der Waals surface area contributed by atoms with E-state index in [1.54, 1.807) is 0 Å². The number of rotatable bonds is 5. The molecule has 1 N–H and O–H groups in total. The monoisotopic (exact) mass is 219 g/mol. The van der Waals surface area contributed by atoms with Crippen LogP contribution in [0, 0.1) is 22.7 Å². The van der Waals surface area contributed by atoms with Gasteiger partial charge in [-0.25, -0.2) is 0 Å². The van der Waals surface area contributed by atoms with Crippen molar-refractivity contribution in [1.29, 1.82) is 10.5 Å². The van der Waals surface area contributed by atoms with Gasteiger partial charge in [0.1, 0.15) is 10.9 Å². The van der Waals surface area contributed by atoms with E-state index in [9.17, 15) is 0 Å². The fourth-order valence-corrected chi connectivity index (χ4v) is 2.00. The van der Waals surface area contributed by atoms with Gasteiger partial charge in [0.15, 0.2) is 0 Å². The van der Waals surface area contributed by atoms with Gasteiger partial charge < -0.3 is 5.32 Å². The summed E-state index contributed by atoms with van der Waals surface area (Å²) in [6.07, 6.45) is 1.48. The molecule has 0 spiro atoms. The van der Waals surface area contributed by atoms with E-state index >= 15 is 0 Å². The van der Waals surface area contributed by atoms with Crippen LogP contribution in [-0.4, -0.2) is 6.04 Å². The molecule has 0 aliphatic heterocycles. The fourth-order valence-electron chi connectivity index (χ4n) is 1.25. The summed E-state index contributed by atoms with van der Waals surface area (Å²) in [5, 5.41) is 20.5. The molecule has 0 fully saturated rings. The van der Waals surface area contributed by atoms with Crippen molar-refractivity contribution in [2.24, 2.45) is 0 Å². The van der Waals surface area contributed by atoms with Gasteiger partial charge in [0.25, 0.3) is 0 Å². The van der Waals surface area contributed by atoms with E-state index in [-0.39, 0.29) is 6.04 Å². The molecule has 0 aromatic carbocycles. The van der Waals surface area contributed by atoms with Crippen molar-refractivity contribution >= 4 is 11.3 Å². The van der Waals surface area contributed by atoms with Crippen molar-refractivity contribution in [2.45, 2.75) is 32.4 Å². The van der Waals surface area contributed by atoms with Gasteiger partial charge in [0.05, 0.1) is 12.5 Å². The van der Waals surface area contributed by atoms with Gasteiger partial charge in [-0.1, -0.05) is 6.92 Å². The van der Waals surface area contributed by atoms with Gasteiger partial charge in [-0.3, -0.25) is 0 Å². The highest BCUT2D eigenvalue weighted by atomic mass is 32.1. The van der Waals surface area contributed by atoms with Crippen LogP contribution >= 0.6 is 11.3 Å². The average molecular weight is 219 g/mol. The molecular weight excluding hydrogens is 206 g/mol. The van der Waals surface area contributed by atoms with Crippen molar-refractivity contribution in [3.8, 4) is 12.1 Å². The molecule has 15 heavy (non-hydrogen) atoms. The van der Waals surface area contributed by atoms with Crippen molar-refractivity contribution in [2.75, 3.05) is 0 Å². The molecule has 1 unspecified atom stereocenters. The van der Waals surface area contributed by atoms with Crippen LogP contribution in [0.2, 0.25) is 0 Å². The minimum Gasteiger partial charge on any atom is -0.308 e. The lowest BCUT2D eigenvalue weighted by Crippen LogP contribution is -2.26. The van der Waals surface area contributed by atoms with Crippen LogP contribution in [0.25, 0.3) is 0 Å². The highest BCUT2D eigenvalue weighted by molar-refractivity contribution is 7.12. The topological polar surface area (TPSA) is 59.6 Å². The molecule has 0 aliphatic rings. The van der Waals surface area contributed by atoms with E-state index in [2.05, 4.69) is 24.4 Å². The van der Waals surface area contributed by atoms with Crippen molar-refractivity contribution < 1.29 is 0 Å². The highest BCUT2D eigenvalue weighted by Crippen LogP contribution is 2.15. The molecule has 1 atom stereocenters. The molecule has 0 amide bonds. The second-order valence-corrected chi connectivity index (χ2v) is 4.39.